The van der Waals surface area contributed by atoms with E-state index >= 15 is 0 Å². The fourth-order valence-corrected chi connectivity index (χ4v) is 4.87. The predicted octanol–water partition coefficient (Wildman–Crippen LogP) is 3.30. The highest BCUT2D eigenvalue weighted by atomic mass is 16.2. The van der Waals surface area contributed by atoms with Gasteiger partial charge in [-0.2, -0.15) is 0 Å². The largest absolute Gasteiger partial charge is 0.364 e. The molecule has 1 saturated heterocycles. The number of likely N-dealkylation sites (tertiary alicyclic amines) is 1. The van der Waals surface area contributed by atoms with Crippen molar-refractivity contribution in [2.75, 3.05) is 37.6 Å². The molecule has 2 aliphatic heterocycles. The average Bonchev–Trinajstić information content (AvgIpc) is 3.51. The van der Waals surface area contributed by atoms with Crippen molar-refractivity contribution in [2.24, 2.45) is 10.9 Å². The molecule has 168 valence electrons. The smallest absolute Gasteiger partial charge is 0.225 e. The SMILES string of the molecule is CCNC(=NCc1ccc(N2CC=CC2)cc1)NC1CCN(C(=O)C2CCCCC2)C1. The number of carbonyl (C=O) groups excluding carboxylic acids is 1. The number of benzene rings is 1. The molecule has 2 N–H and O–H groups in total. The maximum Gasteiger partial charge on any atom is 0.225 e. The molecular formula is C25H37N5O. The number of aliphatic imine (C=N–C) groups is 1. The molecule has 1 aromatic rings. The Kier molecular flexibility index (Phi) is 7.49. The van der Waals surface area contributed by atoms with Gasteiger partial charge in [0.2, 0.25) is 5.91 Å². The summed E-state index contributed by atoms with van der Waals surface area (Å²) in [7, 11) is 0. The van der Waals surface area contributed by atoms with Gasteiger partial charge in [0.05, 0.1) is 6.54 Å². The van der Waals surface area contributed by atoms with E-state index in [0.29, 0.717) is 12.5 Å². The minimum absolute atomic E-state index is 0.258. The summed E-state index contributed by atoms with van der Waals surface area (Å²) in [6, 6.07) is 8.98. The summed E-state index contributed by atoms with van der Waals surface area (Å²) in [5.74, 6) is 1.47. The van der Waals surface area contributed by atoms with E-state index < -0.39 is 0 Å². The van der Waals surface area contributed by atoms with Crippen molar-refractivity contribution in [1.29, 1.82) is 0 Å². The van der Waals surface area contributed by atoms with Gasteiger partial charge in [0, 0.05) is 50.4 Å². The third-order valence-corrected chi connectivity index (χ3v) is 6.68. The van der Waals surface area contributed by atoms with E-state index in [1.807, 2.05) is 0 Å². The highest BCUT2D eigenvalue weighted by Crippen LogP contribution is 2.26. The molecule has 1 atom stereocenters. The van der Waals surface area contributed by atoms with Gasteiger partial charge in [-0.3, -0.25) is 4.79 Å². The Labute approximate surface area is 186 Å². The van der Waals surface area contributed by atoms with Gasteiger partial charge < -0.3 is 20.4 Å². The van der Waals surface area contributed by atoms with Crippen LogP contribution in [0.1, 0.15) is 51.0 Å². The molecule has 2 heterocycles. The van der Waals surface area contributed by atoms with Crippen LogP contribution in [0, 0.1) is 5.92 Å². The first-order valence-electron chi connectivity index (χ1n) is 12.1. The number of hydrogen-bond acceptors (Lipinski definition) is 3. The Morgan fingerprint density at radius 1 is 1.06 bits per heavy atom. The van der Waals surface area contributed by atoms with E-state index in [1.165, 1.54) is 30.5 Å². The second kappa shape index (κ2) is 10.7. The standard InChI is InChI=1S/C25H37N5O/c1-2-26-25(27-18-20-10-12-23(13-11-20)29-15-6-7-16-29)28-22-14-17-30(19-22)24(31)21-8-4-3-5-9-21/h6-7,10-13,21-22H,2-5,8-9,14-19H2,1H3,(H2,26,27,28). The summed E-state index contributed by atoms with van der Waals surface area (Å²) in [4.78, 5) is 22.1. The van der Waals surface area contributed by atoms with E-state index in [-0.39, 0.29) is 12.0 Å². The third kappa shape index (κ3) is 5.81. The summed E-state index contributed by atoms with van der Waals surface area (Å²) in [6.07, 6.45) is 11.3. The van der Waals surface area contributed by atoms with E-state index in [1.54, 1.807) is 0 Å². The zero-order valence-electron chi connectivity index (χ0n) is 18.9. The molecule has 0 bridgehead atoms. The molecule has 31 heavy (non-hydrogen) atoms. The minimum atomic E-state index is 0.258. The lowest BCUT2D eigenvalue weighted by atomic mass is 9.88. The highest BCUT2D eigenvalue weighted by Gasteiger charge is 2.31. The molecule has 0 aromatic heterocycles. The number of rotatable bonds is 6. The lowest BCUT2D eigenvalue weighted by Crippen LogP contribution is -2.45. The fraction of sp³-hybridized carbons (Fsp3) is 0.600. The molecule has 1 amide bonds. The number of hydrogen-bond donors (Lipinski definition) is 2. The summed E-state index contributed by atoms with van der Waals surface area (Å²) < 4.78 is 0. The van der Waals surface area contributed by atoms with Crippen LogP contribution in [-0.4, -0.2) is 55.5 Å². The van der Waals surface area contributed by atoms with Gasteiger partial charge in [0.1, 0.15) is 0 Å². The Bertz CT molecular complexity index is 774. The lowest BCUT2D eigenvalue weighted by Gasteiger charge is -2.26. The molecule has 0 spiro atoms. The monoisotopic (exact) mass is 423 g/mol. The third-order valence-electron chi connectivity index (χ3n) is 6.68. The zero-order chi connectivity index (χ0) is 21.5. The van der Waals surface area contributed by atoms with Crippen LogP contribution in [0.4, 0.5) is 5.69 Å². The van der Waals surface area contributed by atoms with Crippen molar-refractivity contribution in [3.63, 3.8) is 0 Å². The van der Waals surface area contributed by atoms with Crippen LogP contribution in [-0.2, 0) is 11.3 Å². The molecule has 4 rings (SSSR count). The fourth-order valence-electron chi connectivity index (χ4n) is 4.87. The molecule has 1 unspecified atom stereocenters. The number of nitrogens with one attached hydrogen (secondary N) is 2. The van der Waals surface area contributed by atoms with Crippen LogP contribution >= 0.6 is 0 Å². The molecule has 1 aromatic carbocycles. The Hall–Kier alpha value is -2.50. The van der Waals surface area contributed by atoms with E-state index in [2.05, 4.69) is 63.8 Å². The van der Waals surface area contributed by atoms with Crippen LogP contribution in [0.2, 0.25) is 0 Å². The molecule has 1 aliphatic carbocycles. The van der Waals surface area contributed by atoms with Crippen LogP contribution in [0.15, 0.2) is 41.4 Å². The first kappa shape index (κ1) is 21.7. The minimum Gasteiger partial charge on any atom is -0.364 e. The van der Waals surface area contributed by atoms with Crippen molar-refractivity contribution in [1.82, 2.24) is 15.5 Å². The summed E-state index contributed by atoms with van der Waals surface area (Å²) in [5.41, 5.74) is 2.46. The number of carbonyl (C=O) groups is 1. The maximum absolute atomic E-state index is 12.8. The van der Waals surface area contributed by atoms with Crippen molar-refractivity contribution < 1.29 is 4.79 Å². The summed E-state index contributed by atoms with van der Waals surface area (Å²) in [6.45, 7) is 7.19. The summed E-state index contributed by atoms with van der Waals surface area (Å²) in [5, 5.41) is 6.92. The normalized spacial score (nSPS) is 22.2. The van der Waals surface area contributed by atoms with Crippen molar-refractivity contribution >= 4 is 17.6 Å². The number of anilines is 1. The predicted molar refractivity (Wildman–Crippen MR) is 127 cm³/mol. The van der Waals surface area contributed by atoms with Gasteiger partial charge in [-0.1, -0.05) is 43.5 Å². The molecule has 6 nitrogen and oxygen atoms in total. The van der Waals surface area contributed by atoms with Gasteiger partial charge in [0.15, 0.2) is 5.96 Å². The number of amides is 1. The quantitative estimate of drug-likeness (QED) is 0.419. The Morgan fingerprint density at radius 2 is 1.81 bits per heavy atom. The first-order chi connectivity index (χ1) is 15.2. The summed E-state index contributed by atoms with van der Waals surface area (Å²) >= 11 is 0. The van der Waals surface area contributed by atoms with Gasteiger partial charge in [-0.25, -0.2) is 4.99 Å². The topological polar surface area (TPSA) is 60.0 Å². The number of guanidine groups is 1. The number of nitrogens with zero attached hydrogens (tertiary/aromatic N) is 3. The molecule has 0 radical (unpaired) electrons. The van der Waals surface area contributed by atoms with Gasteiger partial charge >= 0.3 is 0 Å². The van der Waals surface area contributed by atoms with E-state index in [9.17, 15) is 4.79 Å². The Morgan fingerprint density at radius 3 is 2.52 bits per heavy atom. The zero-order valence-corrected chi connectivity index (χ0v) is 18.9. The van der Waals surface area contributed by atoms with Crippen molar-refractivity contribution in [3.8, 4) is 0 Å². The van der Waals surface area contributed by atoms with E-state index in [4.69, 9.17) is 4.99 Å². The van der Waals surface area contributed by atoms with Gasteiger partial charge in [-0.05, 0) is 43.9 Å². The first-order valence-corrected chi connectivity index (χ1v) is 12.1. The van der Waals surface area contributed by atoms with Crippen LogP contribution in [0.3, 0.4) is 0 Å². The molecule has 1 saturated carbocycles. The van der Waals surface area contributed by atoms with Crippen molar-refractivity contribution in [3.05, 3.63) is 42.0 Å². The highest BCUT2D eigenvalue weighted by molar-refractivity contribution is 5.81. The van der Waals surface area contributed by atoms with Crippen LogP contribution in [0.5, 0.6) is 0 Å². The van der Waals surface area contributed by atoms with E-state index in [0.717, 1.165) is 57.9 Å². The Balaban J connectivity index is 1.29. The molecule has 3 aliphatic rings. The van der Waals surface area contributed by atoms with Gasteiger partial charge in [-0.15, -0.1) is 0 Å². The molecular weight excluding hydrogens is 386 g/mol. The van der Waals surface area contributed by atoms with Crippen LogP contribution in [0.25, 0.3) is 0 Å². The molecule has 6 heteroatoms. The molecule has 2 fully saturated rings. The van der Waals surface area contributed by atoms with Gasteiger partial charge in [0.25, 0.3) is 0 Å². The second-order valence-electron chi connectivity index (χ2n) is 8.99. The lowest BCUT2D eigenvalue weighted by molar-refractivity contribution is -0.135. The second-order valence-corrected chi connectivity index (χ2v) is 8.99. The average molecular weight is 424 g/mol. The van der Waals surface area contributed by atoms with Crippen molar-refractivity contribution in [2.45, 2.75) is 58.0 Å². The van der Waals surface area contributed by atoms with Crippen LogP contribution < -0.4 is 15.5 Å². The maximum atomic E-state index is 12.8.